The molecule has 0 N–H and O–H groups in total. The summed E-state index contributed by atoms with van der Waals surface area (Å²) >= 11 is 0. The van der Waals surface area contributed by atoms with E-state index in [0.717, 1.165) is 44.6 Å². The number of aromatic nitrogens is 2. The van der Waals surface area contributed by atoms with Crippen LogP contribution in [0, 0.1) is 18.8 Å². The van der Waals surface area contributed by atoms with Gasteiger partial charge >= 0.3 is 0 Å². The Kier molecular flexibility index (Phi) is 14.7. The summed E-state index contributed by atoms with van der Waals surface area (Å²) in [5.41, 5.74) is 15.9. The molecule has 392 valence electrons. The van der Waals surface area contributed by atoms with E-state index in [9.17, 15) is 0 Å². The summed E-state index contributed by atoms with van der Waals surface area (Å²) in [6.07, 6.45) is 6.22. The number of pyridine rings is 1. The number of fused-ring (bicyclic) bond motifs is 3. The van der Waals surface area contributed by atoms with Crippen molar-refractivity contribution < 1.29 is 25.8 Å². The van der Waals surface area contributed by atoms with Gasteiger partial charge in [-0.05, 0) is 121 Å². The minimum atomic E-state index is -0.268. The molecule has 0 atom stereocenters. The van der Waals surface area contributed by atoms with Crippen LogP contribution < -0.4 is 14.5 Å². The van der Waals surface area contributed by atoms with Crippen LogP contribution in [0.3, 0.4) is 0 Å². The SMILES string of the molecule is CC(C)c1cccc(C(C)C)c1-c1cc(Oc2[c-]c3c(cc2)c2cc(C(C)(C)c4ccccc4)ccc2n3-c2cc(C(C)(C)c3ccccc3)ccn2)[c-]c(N2C=CN(c3cc(C(C)(C)C)cc(C(C)(C)C)c3)[CH-]2)c1.[Pt]. The number of rotatable bonds is 12. The second-order valence-corrected chi connectivity index (χ2v) is 24.4. The zero-order chi connectivity index (χ0) is 53.2. The molecule has 0 bridgehead atoms. The molecule has 1 aliphatic heterocycles. The van der Waals surface area contributed by atoms with Crippen molar-refractivity contribution in [3.63, 3.8) is 0 Å². The molecule has 0 amide bonds. The van der Waals surface area contributed by atoms with E-state index in [-0.39, 0.29) is 42.7 Å². The molecule has 3 heterocycles. The molecule has 9 aromatic rings. The van der Waals surface area contributed by atoms with Crippen LogP contribution in [-0.4, -0.2) is 9.55 Å². The second kappa shape index (κ2) is 20.7. The molecular weight excluding hydrogens is 1110 g/mol. The van der Waals surface area contributed by atoms with Crippen molar-refractivity contribution in [1.82, 2.24) is 9.55 Å². The van der Waals surface area contributed by atoms with Crippen LogP contribution in [0.1, 0.15) is 153 Å². The van der Waals surface area contributed by atoms with Crippen molar-refractivity contribution in [2.75, 3.05) is 9.80 Å². The van der Waals surface area contributed by atoms with Gasteiger partial charge in [-0.25, -0.2) is 4.98 Å². The van der Waals surface area contributed by atoms with Gasteiger partial charge in [-0.3, -0.25) is 0 Å². The van der Waals surface area contributed by atoms with Crippen LogP contribution in [0.4, 0.5) is 11.4 Å². The number of hydrogen-bond donors (Lipinski definition) is 0. The fourth-order valence-electron chi connectivity index (χ4n) is 10.7. The van der Waals surface area contributed by atoms with E-state index >= 15 is 0 Å². The Morgan fingerprint density at radius 2 is 1.08 bits per heavy atom. The average molecular weight is 1180 g/mol. The maximum absolute atomic E-state index is 7.10. The van der Waals surface area contributed by atoms with Crippen LogP contribution in [0.5, 0.6) is 11.5 Å². The van der Waals surface area contributed by atoms with Gasteiger partial charge in [0.05, 0.1) is 0 Å². The second-order valence-electron chi connectivity index (χ2n) is 24.4. The summed E-state index contributed by atoms with van der Waals surface area (Å²) in [6.45, 7) is 34.2. The third kappa shape index (κ3) is 10.5. The summed E-state index contributed by atoms with van der Waals surface area (Å²) < 4.78 is 9.37. The molecule has 5 nitrogen and oxygen atoms in total. The van der Waals surface area contributed by atoms with Gasteiger partial charge in [0.15, 0.2) is 0 Å². The third-order valence-electron chi connectivity index (χ3n) is 15.6. The summed E-state index contributed by atoms with van der Waals surface area (Å²) in [5, 5.41) is 2.21. The van der Waals surface area contributed by atoms with E-state index < -0.39 is 0 Å². The van der Waals surface area contributed by atoms with Gasteiger partial charge in [0, 0.05) is 60.8 Å². The largest absolute Gasteiger partial charge is 0.509 e. The van der Waals surface area contributed by atoms with Gasteiger partial charge < -0.3 is 19.1 Å². The predicted molar refractivity (Wildman–Crippen MR) is 316 cm³/mol. The van der Waals surface area contributed by atoms with Crippen molar-refractivity contribution in [2.45, 2.75) is 130 Å². The fourth-order valence-corrected chi connectivity index (χ4v) is 10.7. The summed E-state index contributed by atoms with van der Waals surface area (Å²) in [6, 6.07) is 62.8. The zero-order valence-electron chi connectivity index (χ0n) is 46.9. The number of hydrogen-bond acceptors (Lipinski definition) is 4. The van der Waals surface area contributed by atoms with Crippen molar-refractivity contribution in [3.8, 4) is 28.4 Å². The van der Waals surface area contributed by atoms with Crippen LogP contribution in [0.2, 0.25) is 0 Å². The Morgan fingerprint density at radius 3 is 1.66 bits per heavy atom. The number of ether oxygens (including phenoxy) is 1. The summed E-state index contributed by atoms with van der Waals surface area (Å²) in [4.78, 5) is 9.50. The van der Waals surface area contributed by atoms with Gasteiger partial charge in [0.25, 0.3) is 0 Å². The number of benzene rings is 7. The van der Waals surface area contributed by atoms with E-state index in [1.165, 1.54) is 50.1 Å². The van der Waals surface area contributed by atoms with Crippen molar-refractivity contribution in [2.24, 2.45) is 0 Å². The monoisotopic (exact) mass is 1180 g/mol. The predicted octanol–water partition coefficient (Wildman–Crippen LogP) is 18.6. The summed E-state index contributed by atoms with van der Waals surface area (Å²) in [7, 11) is 0. The molecule has 2 aromatic heterocycles. The first kappa shape index (κ1) is 54.1. The topological polar surface area (TPSA) is 33.5 Å². The Bertz CT molecular complexity index is 3530. The van der Waals surface area contributed by atoms with Crippen molar-refractivity contribution >= 4 is 33.2 Å². The molecule has 6 heteroatoms. The van der Waals surface area contributed by atoms with Gasteiger partial charge in [-0.2, -0.15) is 6.07 Å². The molecule has 0 spiro atoms. The smallest absolute Gasteiger partial charge is 0.135 e. The molecule has 76 heavy (non-hydrogen) atoms. The number of anilines is 2. The molecule has 0 aliphatic carbocycles. The summed E-state index contributed by atoms with van der Waals surface area (Å²) in [5.74, 6) is 2.63. The maximum Gasteiger partial charge on any atom is 0.135 e. The Hall–Kier alpha value is -6.68. The van der Waals surface area contributed by atoms with E-state index in [1.54, 1.807) is 0 Å². The van der Waals surface area contributed by atoms with Gasteiger partial charge in [0.1, 0.15) is 5.82 Å². The van der Waals surface area contributed by atoms with Crippen molar-refractivity contribution in [1.29, 1.82) is 0 Å². The first-order valence-electron chi connectivity index (χ1n) is 26.8. The van der Waals surface area contributed by atoms with Crippen LogP contribution in [0.25, 0.3) is 38.8 Å². The van der Waals surface area contributed by atoms with Crippen LogP contribution in [-0.2, 0) is 42.7 Å². The molecule has 0 saturated carbocycles. The van der Waals surface area contributed by atoms with Crippen molar-refractivity contribution in [3.05, 3.63) is 234 Å². The molecule has 0 fully saturated rings. The first-order valence-corrected chi connectivity index (χ1v) is 26.8. The minimum absolute atomic E-state index is 0. The Morgan fingerprint density at radius 1 is 0.500 bits per heavy atom. The van der Waals surface area contributed by atoms with E-state index in [4.69, 9.17) is 9.72 Å². The number of nitrogens with zero attached hydrogens (tertiary/aromatic N) is 4. The minimum Gasteiger partial charge on any atom is -0.509 e. The van der Waals surface area contributed by atoms with E-state index in [2.05, 4.69) is 294 Å². The van der Waals surface area contributed by atoms with Gasteiger partial charge in [-0.15, -0.1) is 53.6 Å². The molecule has 0 saturated heterocycles. The van der Waals surface area contributed by atoms with Crippen LogP contribution in [0.15, 0.2) is 170 Å². The molecule has 10 rings (SSSR count). The fraction of sp³-hybridized carbons (Fsp3) is 0.286. The maximum atomic E-state index is 7.10. The van der Waals surface area contributed by atoms with Crippen LogP contribution >= 0.6 is 0 Å². The van der Waals surface area contributed by atoms with E-state index in [0.29, 0.717) is 23.3 Å². The average Bonchev–Trinajstić information content (AvgIpc) is 4.02. The standard InChI is InChI=1S/C70H73N4O.Pt/c1-46(2)59-26-21-27-60(47(3)4)66(59)48-36-55(72-34-35-73(45-72)56-39-53(67(5,6)7)38-54(40-56)68(8,9)10)43-58(37-48)75-57-29-30-61-62-41-51(69(11,12)49-22-17-15-18-23-49)28-31-63(62)74(64(61)44-57)65-42-52(32-33-71-65)70(13,14)50-24-19-16-20-25-50;/h15-42,45-47H,1-14H3;/q-3;. The van der Waals surface area contributed by atoms with E-state index in [1.807, 2.05) is 6.20 Å². The van der Waals surface area contributed by atoms with Gasteiger partial charge in [-0.1, -0.05) is 200 Å². The normalized spacial score (nSPS) is 13.4. The first-order chi connectivity index (χ1) is 35.6. The Labute approximate surface area is 467 Å². The Balaban J connectivity index is 0.00000706. The molecule has 7 aromatic carbocycles. The molecule has 0 radical (unpaired) electrons. The molecular formula is C70H73N4OPt-3. The zero-order valence-corrected chi connectivity index (χ0v) is 49.2. The third-order valence-corrected chi connectivity index (χ3v) is 15.6. The molecule has 1 aliphatic rings. The quantitative estimate of drug-likeness (QED) is 0.114. The van der Waals surface area contributed by atoms with Gasteiger partial charge in [0.2, 0.25) is 0 Å². The molecule has 0 unspecified atom stereocenters.